The van der Waals surface area contributed by atoms with Gasteiger partial charge in [-0.15, -0.1) is 5.10 Å². The minimum absolute atomic E-state index is 0.726. The van der Waals surface area contributed by atoms with Gasteiger partial charge in [0, 0.05) is 12.2 Å². The van der Waals surface area contributed by atoms with Crippen LogP contribution in [0.15, 0.2) is 29.4 Å². The second-order valence-electron chi connectivity index (χ2n) is 5.81. The van der Waals surface area contributed by atoms with E-state index in [1.807, 2.05) is 24.3 Å². The fraction of sp³-hybridized carbons (Fsp3) is 0.471. The third-order valence-electron chi connectivity index (χ3n) is 4.27. The summed E-state index contributed by atoms with van der Waals surface area (Å²) in [5.41, 5.74) is 1.76. The Morgan fingerprint density at radius 1 is 1.27 bits per heavy atom. The minimum Gasteiger partial charge on any atom is -0.262 e. The lowest BCUT2D eigenvalue weighted by Crippen LogP contribution is -1.97. The standard InChI is InChI=1S/C17H20N4S/c18-11-14-7-3-4-8-15(14)12-22-17-19-16(20-21-17)10-9-13-5-1-2-6-13/h3-4,7-8,13H,1-2,5-6,9-10,12H2,(H,19,20,21). The third kappa shape index (κ3) is 3.89. The maximum absolute atomic E-state index is 9.10. The molecule has 2 aromatic rings. The lowest BCUT2D eigenvalue weighted by molar-refractivity contribution is 0.497. The lowest BCUT2D eigenvalue weighted by atomic mass is 10.0. The maximum Gasteiger partial charge on any atom is 0.208 e. The zero-order valence-corrected chi connectivity index (χ0v) is 13.4. The van der Waals surface area contributed by atoms with Crippen molar-refractivity contribution in [3.8, 4) is 6.07 Å². The predicted octanol–water partition coefficient (Wildman–Crippen LogP) is 4.09. The highest BCUT2D eigenvalue weighted by Crippen LogP contribution is 2.28. The smallest absolute Gasteiger partial charge is 0.208 e. The van der Waals surface area contributed by atoms with Crippen molar-refractivity contribution in [3.05, 3.63) is 41.2 Å². The molecule has 0 aliphatic heterocycles. The Morgan fingerprint density at radius 2 is 2.09 bits per heavy atom. The topological polar surface area (TPSA) is 65.4 Å². The molecule has 114 valence electrons. The number of hydrogen-bond donors (Lipinski definition) is 1. The summed E-state index contributed by atoms with van der Waals surface area (Å²) in [7, 11) is 0. The summed E-state index contributed by atoms with van der Waals surface area (Å²) in [5, 5.41) is 17.2. The van der Waals surface area contributed by atoms with Gasteiger partial charge in [-0.25, -0.2) is 4.98 Å². The average molecular weight is 312 g/mol. The van der Waals surface area contributed by atoms with Crippen LogP contribution in [0.5, 0.6) is 0 Å². The molecule has 0 amide bonds. The van der Waals surface area contributed by atoms with Crippen molar-refractivity contribution < 1.29 is 0 Å². The van der Waals surface area contributed by atoms with Crippen LogP contribution < -0.4 is 0 Å². The van der Waals surface area contributed by atoms with Crippen molar-refractivity contribution in [2.45, 2.75) is 49.4 Å². The summed E-state index contributed by atoms with van der Waals surface area (Å²) in [4.78, 5) is 4.56. The van der Waals surface area contributed by atoms with Gasteiger partial charge >= 0.3 is 0 Å². The fourth-order valence-corrected chi connectivity index (χ4v) is 3.81. The number of nitrogens with zero attached hydrogens (tertiary/aromatic N) is 3. The van der Waals surface area contributed by atoms with Crippen LogP contribution in [-0.4, -0.2) is 15.2 Å². The molecular formula is C17H20N4S. The molecule has 0 bridgehead atoms. The third-order valence-corrected chi connectivity index (χ3v) is 5.17. The van der Waals surface area contributed by atoms with E-state index in [-0.39, 0.29) is 0 Å². The Morgan fingerprint density at radius 3 is 2.91 bits per heavy atom. The zero-order valence-electron chi connectivity index (χ0n) is 12.6. The molecule has 3 rings (SSSR count). The Hall–Kier alpha value is -1.80. The average Bonchev–Trinajstić information content (AvgIpc) is 3.22. The Labute approximate surface area is 135 Å². The van der Waals surface area contributed by atoms with Crippen LogP contribution in [0.25, 0.3) is 0 Å². The first-order chi connectivity index (χ1) is 10.8. The van der Waals surface area contributed by atoms with E-state index >= 15 is 0 Å². The number of aryl methyl sites for hydroxylation is 1. The van der Waals surface area contributed by atoms with Gasteiger partial charge in [0.05, 0.1) is 11.6 Å². The molecule has 0 saturated heterocycles. The summed E-state index contributed by atoms with van der Waals surface area (Å²) in [5.74, 6) is 2.59. The Kier molecular flexibility index (Phi) is 5.12. The molecule has 1 aromatic heterocycles. The van der Waals surface area contributed by atoms with Gasteiger partial charge in [0.15, 0.2) is 0 Å². The maximum atomic E-state index is 9.10. The van der Waals surface area contributed by atoms with Gasteiger partial charge in [-0.3, -0.25) is 5.10 Å². The van der Waals surface area contributed by atoms with Crippen molar-refractivity contribution in [2.75, 3.05) is 0 Å². The quantitative estimate of drug-likeness (QED) is 0.816. The number of rotatable bonds is 6. The first-order valence-electron chi connectivity index (χ1n) is 7.87. The number of benzene rings is 1. The summed E-state index contributed by atoms with van der Waals surface area (Å²) in [6.45, 7) is 0. The van der Waals surface area contributed by atoms with Crippen molar-refractivity contribution in [1.82, 2.24) is 15.2 Å². The van der Waals surface area contributed by atoms with E-state index in [1.54, 1.807) is 11.8 Å². The summed E-state index contributed by atoms with van der Waals surface area (Å²) < 4.78 is 0. The fourth-order valence-electron chi connectivity index (χ4n) is 2.99. The number of nitriles is 1. The molecule has 1 N–H and O–H groups in total. The molecule has 1 aromatic carbocycles. The molecule has 5 heteroatoms. The second kappa shape index (κ2) is 7.46. The van der Waals surface area contributed by atoms with Crippen molar-refractivity contribution in [1.29, 1.82) is 5.26 Å². The molecule has 22 heavy (non-hydrogen) atoms. The highest BCUT2D eigenvalue weighted by atomic mass is 32.2. The van der Waals surface area contributed by atoms with Crippen molar-refractivity contribution >= 4 is 11.8 Å². The highest BCUT2D eigenvalue weighted by Gasteiger charge is 2.15. The van der Waals surface area contributed by atoms with Gasteiger partial charge in [0.25, 0.3) is 0 Å². The number of nitrogens with one attached hydrogen (secondary N) is 1. The van der Waals surface area contributed by atoms with Crippen molar-refractivity contribution in [2.24, 2.45) is 5.92 Å². The van der Waals surface area contributed by atoms with Gasteiger partial charge in [0.2, 0.25) is 5.16 Å². The van der Waals surface area contributed by atoms with Gasteiger partial charge in [-0.1, -0.05) is 55.6 Å². The van der Waals surface area contributed by atoms with Gasteiger partial charge in [0.1, 0.15) is 5.82 Å². The summed E-state index contributed by atoms with van der Waals surface area (Å²) in [6.07, 6.45) is 7.74. The van der Waals surface area contributed by atoms with E-state index in [1.165, 1.54) is 32.1 Å². The van der Waals surface area contributed by atoms with E-state index in [4.69, 9.17) is 5.26 Å². The van der Waals surface area contributed by atoms with E-state index < -0.39 is 0 Å². The number of thioether (sulfide) groups is 1. The van der Waals surface area contributed by atoms with E-state index in [0.717, 1.165) is 40.2 Å². The first-order valence-corrected chi connectivity index (χ1v) is 8.86. The first kappa shape index (κ1) is 15.1. The molecular weight excluding hydrogens is 292 g/mol. The molecule has 1 heterocycles. The predicted molar refractivity (Wildman–Crippen MR) is 87.4 cm³/mol. The normalized spacial score (nSPS) is 15.0. The van der Waals surface area contributed by atoms with Crippen molar-refractivity contribution in [3.63, 3.8) is 0 Å². The van der Waals surface area contributed by atoms with Crippen LogP contribution in [-0.2, 0) is 12.2 Å². The second-order valence-corrected chi connectivity index (χ2v) is 6.75. The van der Waals surface area contributed by atoms with Gasteiger partial charge in [-0.2, -0.15) is 5.26 Å². The van der Waals surface area contributed by atoms with E-state index in [2.05, 4.69) is 21.3 Å². The van der Waals surface area contributed by atoms with Crippen LogP contribution in [0.2, 0.25) is 0 Å². The monoisotopic (exact) mass is 312 g/mol. The molecule has 1 saturated carbocycles. The number of hydrogen-bond acceptors (Lipinski definition) is 4. The summed E-state index contributed by atoms with van der Waals surface area (Å²) >= 11 is 1.58. The Bertz CT molecular complexity index is 653. The molecule has 0 unspecified atom stereocenters. The number of aromatic amines is 1. The minimum atomic E-state index is 0.726. The lowest BCUT2D eigenvalue weighted by Gasteiger charge is -2.05. The van der Waals surface area contributed by atoms with Crippen LogP contribution >= 0.6 is 11.8 Å². The highest BCUT2D eigenvalue weighted by molar-refractivity contribution is 7.98. The molecule has 4 nitrogen and oxygen atoms in total. The molecule has 1 aliphatic carbocycles. The van der Waals surface area contributed by atoms with Gasteiger partial charge in [-0.05, 0) is 24.0 Å². The zero-order chi connectivity index (χ0) is 15.2. The summed E-state index contributed by atoms with van der Waals surface area (Å²) in [6, 6.07) is 9.91. The van der Waals surface area contributed by atoms with Crippen LogP contribution in [0, 0.1) is 17.2 Å². The van der Waals surface area contributed by atoms with Crippen LogP contribution in [0.3, 0.4) is 0 Å². The van der Waals surface area contributed by atoms with E-state index in [9.17, 15) is 0 Å². The Balaban J connectivity index is 1.52. The largest absolute Gasteiger partial charge is 0.262 e. The van der Waals surface area contributed by atoms with Crippen LogP contribution in [0.1, 0.15) is 49.1 Å². The van der Waals surface area contributed by atoms with E-state index in [0.29, 0.717) is 0 Å². The molecule has 0 atom stereocenters. The molecule has 0 radical (unpaired) electrons. The SMILES string of the molecule is N#Cc1ccccc1CSc1n[nH]c(CCC2CCCC2)n1. The molecule has 1 fully saturated rings. The van der Waals surface area contributed by atoms with Crippen LogP contribution in [0.4, 0.5) is 0 Å². The number of aromatic nitrogens is 3. The number of H-pyrrole nitrogens is 1. The molecule has 0 spiro atoms. The molecule has 1 aliphatic rings. The van der Waals surface area contributed by atoms with Gasteiger partial charge < -0.3 is 0 Å².